The zero-order chi connectivity index (χ0) is 16.4. The van der Waals surface area contributed by atoms with Crippen molar-refractivity contribution in [2.24, 2.45) is 5.92 Å². The number of rotatable bonds is 11. The molecule has 0 aliphatic carbocycles. The standard InChI is InChI=1S/C17H29NO4/c1-13(2)6-8-22-9-7-18-12-14-10-15(19-3)17(21-5)16(11-14)20-4/h10-11,13,18H,6-9,12H2,1-5H3. The number of ether oxygens (including phenoxy) is 4. The van der Waals surface area contributed by atoms with Gasteiger partial charge in [-0.3, -0.25) is 0 Å². The zero-order valence-electron chi connectivity index (χ0n) is 14.4. The molecule has 1 N–H and O–H groups in total. The highest BCUT2D eigenvalue weighted by atomic mass is 16.5. The molecule has 0 aliphatic rings. The Morgan fingerprint density at radius 3 is 2.09 bits per heavy atom. The fraction of sp³-hybridized carbons (Fsp3) is 0.647. The summed E-state index contributed by atoms with van der Waals surface area (Å²) in [6.07, 6.45) is 1.10. The highest BCUT2D eigenvalue weighted by molar-refractivity contribution is 5.53. The number of hydrogen-bond donors (Lipinski definition) is 1. The molecule has 126 valence electrons. The molecule has 0 aliphatic heterocycles. The van der Waals surface area contributed by atoms with Gasteiger partial charge in [0.1, 0.15) is 0 Å². The Bertz CT molecular complexity index is 410. The van der Waals surface area contributed by atoms with E-state index in [0.717, 1.165) is 38.3 Å². The molecule has 0 fully saturated rings. The minimum atomic E-state index is 0.616. The first kappa shape index (κ1) is 18.6. The molecule has 0 bridgehead atoms. The molecule has 0 saturated heterocycles. The predicted octanol–water partition coefficient (Wildman–Crippen LogP) is 2.86. The van der Waals surface area contributed by atoms with Crippen molar-refractivity contribution in [1.82, 2.24) is 5.32 Å². The van der Waals surface area contributed by atoms with Gasteiger partial charge in [-0.2, -0.15) is 0 Å². The van der Waals surface area contributed by atoms with Crippen molar-refractivity contribution in [2.45, 2.75) is 26.8 Å². The third kappa shape index (κ3) is 6.12. The third-order valence-corrected chi connectivity index (χ3v) is 3.32. The smallest absolute Gasteiger partial charge is 0.203 e. The van der Waals surface area contributed by atoms with Gasteiger partial charge in [-0.25, -0.2) is 0 Å². The summed E-state index contributed by atoms with van der Waals surface area (Å²) in [6, 6.07) is 3.90. The van der Waals surface area contributed by atoms with Gasteiger partial charge >= 0.3 is 0 Å². The van der Waals surface area contributed by atoms with Crippen LogP contribution in [0.1, 0.15) is 25.8 Å². The topological polar surface area (TPSA) is 49.0 Å². The van der Waals surface area contributed by atoms with Gasteiger partial charge < -0.3 is 24.3 Å². The third-order valence-electron chi connectivity index (χ3n) is 3.32. The van der Waals surface area contributed by atoms with Crippen LogP contribution in [0.3, 0.4) is 0 Å². The lowest BCUT2D eigenvalue weighted by atomic mass is 10.1. The molecule has 0 amide bonds. The van der Waals surface area contributed by atoms with Crippen LogP contribution >= 0.6 is 0 Å². The van der Waals surface area contributed by atoms with E-state index in [1.807, 2.05) is 12.1 Å². The van der Waals surface area contributed by atoms with Crippen LogP contribution in [-0.2, 0) is 11.3 Å². The Morgan fingerprint density at radius 1 is 0.955 bits per heavy atom. The van der Waals surface area contributed by atoms with Gasteiger partial charge in [0.05, 0.1) is 27.9 Å². The Kier molecular flexibility index (Phi) is 8.70. The minimum absolute atomic E-state index is 0.616. The molecule has 0 unspecified atom stereocenters. The van der Waals surface area contributed by atoms with Crippen molar-refractivity contribution in [3.8, 4) is 17.2 Å². The fourth-order valence-corrected chi connectivity index (χ4v) is 2.04. The molecule has 1 aromatic carbocycles. The van der Waals surface area contributed by atoms with Crippen LogP contribution in [0.15, 0.2) is 12.1 Å². The summed E-state index contributed by atoms with van der Waals surface area (Å²) in [6.45, 7) is 7.48. The fourth-order valence-electron chi connectivity index (χ4n) is 2.04. The summed E-state index contributed by atoms with van der Waals surface area (Å²) in [4.78, 5) is 0. The van der Waals surface area contributed by atoms with Gasteiger partial charge in [-0.15, -0.1) is 0 Å². The van der Waals surface area contributed by atoms with Crippen LogP contribution in [0.5, 0.6) is 17.2 Å². The molecule has 5 nitrogen and oxygen atoms in total. The predicted molar refractivity (Wildman–Crippen MR) is 88.1 cm³/mol. The highest BCUT2D eigenvalue weighted by Crippen LogP contribution is 2.38. The Morgan fingerprint density at radius 2 is 1.59 bits per heavy atom. The lowest BCUT2D eigenvalue weighted by molar-refractivity contribution is 0.125. The van der Waals surface area contributed by atoms with Crippen LogP contribution in [0, 0.1) is 5.92 Å². The van der Waals surface area contributed by atoms with E-state index in [1.165, 1.54) is 0 Å². The summed E-state index contributed by atoms with van der Waals surface area (Å²) in [5, 5.41) is 3.35. The molecule has 22 heavy (non-hydrogen) atoms. The van der Waals surface area contributed by atoms with E-state index < -0.39 is 0 Å². The van der Waals surface area contributed by atoms with Crippen molar-refractivity contribution in [3.63, 3.8) is 0 Å². The maximum atomic E-state index is 5.58. The van der Waals surface area contributed by atoms with Crippen molar-refractivity contribution >= 4 is 0 Å². The first-order chi connectivity index (χ1) is 10.6. The van der Waals surface area contributed by atoms with Crippen molar-refractivity contribution in [1.29, 1.82) is 0 Å². The quantitative estimate of drug-likeness (QED) is 0.637. The van der Waals surface area contributed by atoms with Crippen LogP contribution < -0.4 is 19.5 Å². The molecule has 0 spiro atoms. The molecular weight excluding hydrogens is 282 g/mol. The Hall–Kier alpha value is -1.46. The summed E-state index contributed by atoms with van der Waals surface area (Å²) in [5.41, 5.74) is 1.08. The molecule has 1 aromatic rings. The van der Waals surface area contributed by atoms with Gasteiger partial charge in [-0.05, 0) is 30.0 Å². The van der Waals surface area contributed by atoms with Gasteiger partial charge in [-0.1, -0.05) is 13.8 Å². The average molecular weight is 311 g/mol. The van der Waals surface area contributed by atoms with E-state index in [-0.39, 0.29) is 0 Å². The number of nitrogens with one attached hydrogen (secondary N) is 1. The normalized spacial score (nSPS) is 10.8. The second-order valence-corrected chi connectivity index (χ2v) is 5.51. The van der Waals surface area contributed by atoms with E-state index in [2.05, 4.69) is 19.2 Å². The lowest BCUT2D eigenvalue weighted by Crippen LogP contribution is -2.19. The van der Waals surface area contributed by atoms with Crippen molar-refractivity contribution < 1.29 is 18.9 Å². The summed E-state index contributed by atoms with van der Waals surface area (Å²) in [7, 11) is 4.85. The van der Waals surface area contributed by atoms with Crippen LogP contribution in [-0.4, -0.2) is 41.1 Å². The second-order valence-electron chi connectivity index (χ2n) is 5.51. The van der Waals surface area contributed by atoms with Gasteiger partial charge in [0.15, 0.2) is 11.5 Å². The lowest BCUT2D eigenvalue weighted by Gasteiger charge is -2.14. The first-order valence-corrected chi connectivity index (χ1v) is 7.69. The Labute approximate surface area is 133 Å². The van der Waals surface area contributed by atoms with Crippen LogP contribution in [0.25, 0.3) is 0 Å². The molecule has 5 heteroatoms. The van der Waals surface area contributed by atoms with Gasteiger partial charge in [0, 0.05) is 19.7 Å². The maximum Gasteiger partial charge on any atom is 0.203 e. The maximum absolute atomic E-state index is 5.58. The van der Waals surface area contributed by atoms with Crippen molar-refractivity contribution in [2.75, 3.05) is 41.1 Å². The van der Waals surface area contributed by atoms with Crippen molar-refractivity contribution in [3.05, 3.63) is 17.7 Å². The SMILES string of the molecule is COc1cc(CNCCOCCC(C)C)cc(OC)c1OC. The molecule has 0 atom stereocenters. The summed E-state index contributed by atoms with van der Waals surface area (Å²) < 4.78 is 21.6. The van der Waals surface area contributed by atoms with Gasteiger partial charge in [0.2, 0.25) is 5.75 Å². The highest BCUT2D eigenvalue weighted by Gasteiger charge is 2.12. The van der Waals surface area contributed by atoms with Gasteiger partial charge in [0.25, 0.3) is 0 Å². The molecule has 0 radical (unpaired) electrons. The van der Waals surface area contributed by atoms with E-state index in [4.69, 9.17) is 18.9 Å². The number of methoxy groups -OCH3 is 3. The Balaban J connectivity index is 2.42. The average Bonchev–Trinajstić information content (AvgIpc) is 2.52. The number of benzene rings is 1. The molecule has 0 saturated carbocycles. The monoisotopic (exact) mass is 311 g/mol. The van der Waals surface area contributed by atoms with E-state index >= 15 is 0 Å². The van der Waals surface area contributed by atoms with Crippen LogP contribution in [0.2, 0.25) is 0 Å². The minimum Gasteiger partial charge on any atom is -0.493 e. The summed E-state index contributed by atoms with van der Waals surface area (Å²) >= 11 is 0. The summed E-state index contributed by atoms with van der Waals surface area (Å²) in [5.74, 6) is 2.65. The van der Waals surface area contributed by atoms with E-state index in [1.54, 1.807) is 21.3 Å². The number of hydrogen-bond acceptors (Lipinski definition) is 5. The van der Waals surface area contributed by atoms with E-state index in [9.17, 15) is 0 Å². The largest absolute Gasteiger partial charge is 0.493 e. The van der Waals surface area contributed by atoms with Crippen LogP contribution in [0.4, 0.5) is 0 Å². The molecule has 0 aromatic heterocycles. The molecule has 0 heterocycles. The second kappa shape index (κ2) is 10.3. The first-order valence-electron chi connectivity index (χ1n) is 7.69. The van der Waals surface area contributed by atoms with E-state index in [0.29, 0.717) is 23.2 Å². The zero-order valence-corrected chi connectivity index (χ0v) is 14.4. The molecule has 1 rings (SSSR count). The molecular formula is C17H29NO4.